The summed E-state index contributed by atoms with van der Waals surface area (Å²) >= 11 is 0. The van der Waals surface area contributed by atoms with Gasteiger partial charge in [-0.15, -0.1) is 0 Å². The normalized spacial score (nSPS) is 11.3. The van der Waals surface area contributed by atoms with E-state index in [1.165, 1.54) is 0 Å². The molecule has 4 aromatic heterocycles. The number of rotatable bonds is 7. The first-order valence-corrected chi connectivity index (χ1v) is 11.0. The molecule has 0 bridgehead atoms. The van der Waals surface area contributed by atoms with Crippen LogP contribution in [0.1, 0.15) is 23.6 Å². The Kier molecular flexibility index (Phi) is 5.92. The van der Waals surface area contributed by atoms with Gasteiger partial charge in [0.15, 0.2) is 17.2 Å². The van der Waals surface area contributed by atoms with Crippen LogP contribution in [0.5, 0.6) is 5.75 Å². The molecule has 0 saturated heterocycles. The van der Waals surface area contributed by atoms with Gasteiger partial charge in [0.25, 0.3) is 6.43 Å². The second kappa shape index (κ2) is 9.21. The number of alkyl halides is 2. The molecule has 3 N–H and O–H groups in total. The summed E-state index contributed by atoms with van der Waals surface area (Å²) in [7, 11) is 3.39. The molecule has 0 fully saturated rings. The van der Waals surface area contributed by atoms with Crippen LogP contribution in [-0.2, 0) is 7.05 Å². The minimum absolute atomic E-state index is 0.189. The number of ether oxygens (including phenoxy) is 1. The standard InChI is InChI=1S/C24H23F2N9O/c1-12-13(2)28-19(11-27-12)30-18-10-17(20-23(31-18)33-24(32-20)22(25)26)29-16-7-5-6-14(21(16)36-4)15-8-9-35(3)34-15/h5-11,22H,1-4H3,(H3,28,29,30,31,32,33). The van der Waals surface area contributed by atoms with Gasteiger partial charge in [0, 0.05) is 24.9 Å². The van der Waals surface area contributed by atoms with Crippen LogP contribution in [0, 0.1) is 13.8 Å². The van der Waals surface area contributed by atoms with Crippen molar-refractivity contribution in [3.05, 3.63) is 59.9 Å². The Morgan fingerprint density at radius 3 is 2.53 bits per heavy atom. The van der Waals surface area contributed by atoms with Gasteiger partial charge in [0.1, 0.15) is 17.2 Å². The van der Waals surface area contributed by atoms with Gasteiger partial charge in [0.05, 0.1) is 41.8 Å². The number of aryl methyl sites for hydroxylation is 3. The van der Waals surface area contributed by atoms with Crippen molar-refractivity contribution in [2.75, 3.05) is 17.7 Å². The predicted molar refractivity (Wildman–Crippen MR) is 132 cm³/mol. The minimum Gasteiger partial charge on any atom is -0.494 e. The maximum Gasteiger partial charge on any atom is 0.295 e. The fourth-order valence-electron chi connectivity index (χ4n) is 3.77. The van der Waals surface area contributed by atoms with E-state index in [2.05, 4.69) is 40.7 Å². The van der Waals surface area contributed by atoms with Gasteiger partial charge in [-0.3, -0.25) is 9.67 Å². The van der Waals surface area contributed by atoms with Crippen LogP contribution in [0.15, 0.2) is 42.7 Å². The molecule has 0 amide bonds. The van der Waals surface area contributed by atoms with Crippen molar-refractivity contribution in [2.24, 2.45) is 7.05 Å². The van der Waals surface area contributed by atoms with E-state index in [9.17, 15) is 8.78 Å². The molecule has 1 aromatic carbocycles. The number of methoxy groups -OCH3 is 1. The first-order chi connectivity index (χ1) is 17.3. The van der Waals surface area contributed by atoms with Crippen molar-refractivity contribution in [2.45, 2.75) is 20.3 Å². The molecule has 0 atom stereocenters. The summed E-state index contributed by atoms with van der Waals surface area (Å²) in [6.45, 7) is 3.71. The topological polar surface area (TPSA) is 118 Å². The summed E-state index contributed by atoms with van der Waals surface area (Å²) in [6, 6.07) is 9.11. The molecule has 0 aliphatic carbocycles. The number of imidazole rings is 1. The number of fused-ring (bicyclic) bond motifs is 1. The summed E-state index contributed by atoms with van der Waals surface area (Å²) in [5.74, 6) is 0.907. The lowest BCUT2D eigenvalue weighted by Gasteiger charge is -2.15. The molecule has 0 saturated carbocycles. The van der Waals surface area contributed by atoms with Crippen molar-refractivity contribution in [3.63, 3.8) is 0 Å². The van der Waals surface area contributed by atoms with Crippen LogP contribution in [0.4, 0.5) is 31.8 Å². The van der Waals surface area contributed by atoms with E-state index in [-0.39, 0.29) is 11.2 Å². The van der Waals surface area contributed by atoms with Crippen LogP contribution in [-0.4, -0.2) is 41.8 Å². The molecule has 10 nitrogen and oxygen atoms in total. The summed E-state index contributed by atoms with van der Waals surface area (Å²) < 4.78 is 34.3. The highest BCUT2D eigenvalue weighted by molar-refractivity contribution is 5.92. The summed E-state index contributed by atoms with van der Waals surface area (Å²) in [5, 5.41) is 10.8. The number of aromatic nitrogens is 7. The molecule has 0 unspecified atom stereocenters. The smallest absolute Gasteiger partial charge is 0.295 e. The van der Waals surface area contributed by atoms with Gasteiger partial charge in [-0.1, -0.05) is 6.07 Å². The Morgan fingerprint density at radius 1 is 1.00 bits per heavy atom. The zero-order valence-corrected chi connectivity index (χ0v) is 20.0. The lowest BCUT2D eigenvalue weighted by Crippen LogP contribution is -2.02. The molecule has 12 heteroatoms. The number of pyridine rings is 1. The minimum atomic E-state index is -2.78. The molecule has 184 valence electrons. The Bertz CT molecular complexity index is 1560. The third kappa shape index (κ3) is 4.40. The number of para-hydroxylation sites is 1. The number of halogens is 2. The molecule has 0 radical (unpaired) electrons. The Balaban J connectivity index is 1.59. The average molecular weight is 492 g/mol. The van der Waals surface area contributed by atoms with Crippen molar-refractivity contribution < 1.29 is 13.5 Å². The van der Waals surface area contributed by atoms with Crippen LogP contribution in [0.25, 0.3) is 22.4 Å². The number of nitrogens with one attached hydrogen (secondary N) is 3. The first-order valence-electron chi connectivity index (χ1n) is 11.0. The van der Waals surface area contributed by atoms with E-state index < -0.39 is 12.2 Å². The lowest BCUT2D eigenvalue weighted by molar-refractivity contribution is 0.142. The highest BCUT2D eigenvalue weighted by Gasteiger charge is 2.19. The molecule has 4 heterocycles. The van der Waals surface area contributed by atoms with Crippen LogP contribution in [0.3, 0.4) is 0 Å². The van der Waals surface area contributed by atoms with Crippen LogP contribution >= 0.6 is 0 Å². The lowest BCUT2D eigenvalue weighted by atomic mass is 10.1. The fraction of sp³-hybridized carbons (Fsp3) is 0.208. The van der Waals surface area contributed by atoms with E-state index in [1.54, 1.807) is 24.1 Å². The Hall–Kier alpha value is -4.61. The number of hydrogen-bond acceptors (Lipinski definition) is 8. The monoisotopic (exact) mass is 491 g/mol. The molecule has 5 rings (SSSR count). The zero-order valence-electron chi connectivity index (χ0n) is 20.0. The van der Waals surface area contributed by atoms with Crippen LogP contribution in [0.2, 0.25) is 0 Å². The molecular weight excluding hydrogens is 468 g/mol. The first kappa shape index (κ1) is 23.1. The Labute approximate surface area is 204 Å². The number of H-pyrrole nitrogens is 1. The van der Waals surface area contributed by atoms with E-state index in [4.69, 9.17) is 4.74 Å². The van der Waals surface area contributed by atoms with E-state index in [1.807, 2.05) is 51.4 Å². The fourth-order valence-corrected chi connectivity index (χ4v) is 3.77. The SMILES string of the molecule is COc1c(Nc2cc(Nc3cnc(C)c(C)n3)nc3[nH]c(C(F)F)nc23)cccc1-c1ccn(C)n1. The number of nitrogens with zero attached hydrogens (tertiary/aromatic N) is 6. The van der Waals surface area contributed by atoms with Crippen molar-refractivity contribution >= 4 is 34.2 Å². The average Bonchev–Trinajstić information content (AvgIpc) is 3.48. The van der Waals surface area contributed by atoms with Gasteiger partial charge in [0.2, 0.25) is 0 Å². The van der Waals surface area contributed by atoms with Crippen molar-refractivity contribution in [3.8, 4) is 17.0 Å². The summed E-state index contributed by atoms with van der Waals surface area (Å²) in [5.41, 5.74) is 4.56. The molecule has 0 aliphatic heterocycles. The van der Waals surface area contributed by atoms with Crippen molar-refractivity contribution in [1.29, 1.82) is 0 Å². The second-order valence-electron chi connectivity index (χ2n) is 8.11. The second-order valence-corrected chi connectivity index (χ2v) is 8.11. The maximum absolute atomic E-state index is 13.5. The molecule has 5 aromatic rings. The molecular formula is C24H23F2N9O. The zero-order chi connectivity index (χ0) is 25.4. The van der Waals surface area contributed by atoms with E-state index in [0.29, 0.717) is 28.8 Å². The molecule has 0 spiro atoms. The van der Waals surface area contributed by atoms with Gasteiger partial charge >= 0.3 is 0 Å². The van der Waals surface area contributed by atoms with Gasteiger partial charge in [-0.05, 0) is 32.0 Å². The predicted octanol–water partition coefficient (Wildman–Crippen LogP) is 5.20. The number of benzene rings is 1. The third-order valence-corrected chi connectivity index (χ3v) is 5.60. The maximum atomic E-state index is 13.5. The third-order valence-electron chi connectivity index (χ3n) is 5.60. The number of anilines is 4. The highest BCUT2D eigenvalue weighted by Crippen LogP contribution is 2.39. The quantitative estimate of drug-likeness (QED) is 0.284. The number of aromatic amines is 1. The van der Waals surface area contributed by atoms with Crippen LogP contribution < -0.4 is 15.4 Å². The van der Waals surface area contributed by atoms with Gasteiger partial charge in [-0.25, -0.2) is 23.7 Å². The van der Waals surface area contributed by atoms with Gasteiger partial charge < -0.3 is 20.4 Å². The van der Waals surface area contributed by atoms with Gasteiger partial charge in [-0.2, -0.15) is 5.10 Å². The summed E-state index contributed by atoms with van der Waals surface area (Å²) in [4.78, 5) is 19.9. The largest absolute Gasteiger partial charge is 0.494 e. The highest BCUT2D eigenvalue weighted by atomic mass is 19.3. The number of hydrogen-bond donors (Lipinski definition) is 3. The molecule has 0 aliphatic rings. The van der Waals surface area contributed by atoms with E-state index in [0.717, 1.165) is 22.6 Å². The van der Waals surface area contributed by atoms with Crippen molar-refractivity contribution in [1.82, 2.24) is 34.7 Å². The van der Waals surface area contributed by atoms with E-state index >= 15 is 0 Å². The Morgan fingerprint density at radius 2 is 1.83 bits per heavy atom. The molecule has 36 heavy (non-hydrogen) atoms. The summed E-state index contributed by atoms with van der Waals surface area (Å²) in [6.07, 6.45) is 0.638.